The van der Waals surface area contributed by atoms with Crippen molar-refractivity contribution < 1.29 is 18.7 Å². The van der Waals surface area contributed by atoms with Crippen LogP contribution in [0.3, 0.4) is 0 Å². The van der Waals surface area contributed by atoms with E-state index in [1.807, 2.05) is 36.4 Å². The zero-order valence-corrected chi connectivity index (χ0v) is 18.1. The summed E-state index contributed by atoms with van der Waals surface area (Å²) in [4.78, 5) is 24.6. The molecule has 0 aliphatic rings. The fourth-order valence-electron chi connectivity index (χ4n) is 2.81. The average molecular weight is 464 g/mol. The first-order valence-electron chi connectivity index (χ1n) is 9.86. The van der Waals surface area contributed by atoms with E-state index in [4.69, 9.17) is 16.3 Å². The third kappa shape index (κ3) is 7.20. The highest BCUT2D eigenvalue weighted by Crippen LogP contribution is 2.25. The summed E-state index contributed by atoms with van der Waals surface area (Å²) < 4.78 is 18.6. The zero-order chi connectivity index (χ0) is 23.6. The lowest BCUT2D eigenvalue weighted by molar-refractivity contribution is -0.118. The van der Waals surface area contributed by atoms with Crippen molar-refractivity contribution in [1.82, 2.24) is 5.32 Å². The van der Waals surface area contributed by atoms with Gasteiger partial charge in [-0.3, -0.25) is 9.59 Å². The number of nitrogens with zero attached hydrogens (tertiary/aromatic N) is 1. The summed E-state index contributed by atoms with van der Waals surface area (Å²) in [6.45, 7) is -0.0803. The lowest BCUT2D eigenvalue weighted by Gasteiger charge is -2.11. The van der Waals surface area contributed by atoms with Gasteiger partial charge in [-0.15, -0.1) is 0 Å². The van der Waals surface area contributed by atoms with Crippen molar-refractivity contribution in [2.75, 3.05) is 11.9 Å². The van der Waals surface area contributed by atoms with Crippen molar-refractivity contribution >= 4 is 35.2 Å². The summed E-state index contributed by atoms with van der Waals surface area (Å²) in [5.41, 5.74) is 1.53. The Morgan fingerprint density at radius 1 is 1.06 bits per heavy atom. The number of anilines is 1. The number of nitrogens with one attached hydrogen (secondary N) is 2. The molecule has 8 heteroatoms. The summed E-state index contributed by atoms with van der Waals surface area (Å²) >= 11 is 6.07. The molecule has 0 saturated carbocycles. The number of nitriles is 1. The molecule has 0 bridgehead atoms. The van der Waals surface area contributed by atoms with Crippen molar-refractivity contribution in [3.63, 3.8) is 0 Å². The van der Waals surface area contributed by atoms with Gasteiger partial charge in [-0.1, -0.05) is 41.9 Å². The molecule has 0 saturated heterocycles. The Bertz CT molecular complexity index is 1210. The number of benzene rings is 3. The van der Waals surface area contributed by atoms with Gasteiger partial charge in [-0.05, 0) is 54.1 Å². The maximum Gasteiger partial charge on any atom is 0.262 e. The van der Waals surface area contributed by atoms with Crippen LogP contribution < -0.4 is 15.4 Å². The van der Waals surface area contributed by atoms with Gasteiger partial charge in [0.1, 0.15) is 23.2 Å². The first kappa shape index (κ1) is 23.5. The Labute approximate surface area is 195 Å². The van der Waals surface area contributed by atoms with Crippen LogP contribution in [0.15, 0.2) is 78.4 Å². The molecule has 2 N–H and O–H groups in total. The van der Waals surface area contributed by atoms with Gasteiger partial charge in [-0.2, -0.15) is 5.26 Å². The van der Waals surface area contributed by atoms with Gasteiger partial charge in [-0.25, -0.2) is 4.39 Å². The quantitative estimate of drug-likeness (QED) is 0.373. The largest absolute Gasteiger partial charge is 0.483 e. The topological polar surface area (TPSA) is 91.2 Å². The Morgan fingerprint density at radius 2 is 1.79 bits per heavy atom. The molecule has 166 valence electrons. The number of halogens is 2. The molecule has 3 aromatic carbocycles. The molecular formula is C25H19ClFN3O3. The molecule has 0 aromatic heterocycles. The highest BCUT2D eigenvalue weighted by molar-refractivity contribution is 6.30. The normalized spacial score (nSPS) is 10.8. The molecule has 0 heterocycles. The van der Waals surface area contributed by atoms with Crippen LogP contribution in [0.2, 0.25) is 5.02 Å². The van der Waals surface area contributed by atoms with Crippen LogP contribution in [-0.4, -0.2) is 18.4 Å². The summed E-state index contributed by atoms with van der Waals surface area (Å²) in [6, 6.07) is 21.1. The Hall–Kier alpha value is -4.15. The number of carbonyl (C=O) groups excluding carboxylic acids is 2. The maximum atomic E-state index is 13.0. The SMILES string of the molecule is N#CC(=Cc1cc(Cl)ccc1OCC(=O)Nc1ccc(F)cc1)C(=O)NCc1ccccc1. The van der Waals surface area contributed by atoms with E-state index in [-0.39, 0.29) is 24.5 Å². The molecule has 0 fully saturated rings. The second kappa shape index (κ2) is 11.5. The lowest BCUT2D eigenvalue weighted by Crippen LogP contribution is -2.24. The highest BCUT2D eigenvalue weighted by atomic mass is 35.5. The van der Waals surface area contributed by atoms with E-state index in [2.05, 4.69) is 10.6 Å². The monoisotopic (exact) mass is 463 g/mol. The minimum Gasteiger partial charge on any atom is -0.483 e. The summed E-state index contributed by atoms with van der Waals surface area (Å²) in [6.07, 6.45) is 1.35. The van der Waals surface area contributed by atoms with E-state index in [1.165, 1.54) is 42.5 Å². The van der Waals surface area contributed by atoms with Gasteiger partial charge < -0.3 is 15.4 Å². The first-order chi connectivity index (χ1) is 15.9. The highest BCUT2D eigenvalue weighted by Gasteiger charge is 2.13. The van der Waals surface area contributed by atoms with Gasteiger partial charge in [0.25, 0.3) is 11.8 Å². The summed E-state index contributed by atoms with van der Waals surface area (Å²) in [7, 11) is 0. The Morgan fingerprint density at radius 3 is 2.48 bits per heavy atom. The van der Waals surface area contributed by atoms with Crippen molar-refractivity contribution in [2.24, 2.45) is 0 Å². The smallest absolute Gasteiger partial charge is 0.262 e. The third-order valence-corrected chi connectivity index (χ3v) is 4.65. The number of hydrogen-bond donors (Lipinski definition) is 2. The molecular weight excluding hydrogens is 445 g/mol. The van der Waals surface area contributed by atoms with Crippen LogP contribution in [0.1, 0.15) is 11.1 Å². The van der Waals surface area contributed by atoms with Crippen molar-refractivity contribution in [2.45, 2.75) is 6.54 Å². The molecule has 0 aliphatic heterocycles. The van der Waals surface area contributed by atoms with Crippen LogP contribution in [0.4, 0.5) is 10.1 Å². The van der Waals surface area contributed by atoms with Gasteiger partial charge in [0.2, 0.25) is 0 Å². The minimum absolute atomic E-state index is 0.145. The first-order valence-corrected chi connectivity index (χ1v) is 10.2. The number of ether oxygens (including phenoxy) is 1. The minimum atomic E-state index is -0.554. The predicted octanol–water partition coefficient (Wildman–Crippen LogP) is 4.72. The number of rotatable bonds is 8. The number of amides is 2. The van der Waals surface area contributed by atoms with E-state index >= 15 is 0 Å². The van der Waals surface area contributed by atoms with Gasteiger partial charge >= 0.3 is 0 Å². The number of carbonyl (C=O) groups is 2. The molecule has 6 nitrogen and oxygen atoms in total. The summed E-state index contributed by atoms with van der Waals surface area (Å²) in [5.74, 6) is -1.17. The van der Waals surface area contributed by atoms with Crippen molar-refractivity contribution in [3.8, 4) is 11.8 Å². The van der Waals surface area contributed by atoms with Crippen LogP contribution in [0.25, 0.3) is 6.08 Å². The number of hydrogen-bond acceptors (Lipinski definition) is 4. The zero-order valence-electron chi connectivity index (χ0n) is 17.3. The van der Waals surface area contributed by atoms with E-state index in [9.17, 15) is 19.2 Å². The molecule has 3 rings (SSSR count). The van der Waals surface area contributed by atoms with Gasteiger partial charge in [0, 0.05) is 22.8 Å². The molecule has 3 aromatic rings. The van der Waals surface area contributed by atoms with E-state index in [0.717, 1.165) is 5.56 Å². The Balaban J connectivity index is 1.68. The van der Waals surface area contributed by atoms with Crippen LogP contribution in [0, 0.1) is 17.1 Å². The standard InChI is InChI=1S/C25H19ClFN3O3/c26-20-6-11-23(33-16-24(31)30-22-9-7-21(27)8-10-22)18(13-20)12-19(14-28)25(32)29-15-17-4-2-1-3-5-17/h1-13H,15-16H2,(H,29,32)(H,30,31). The van der Waals surface area contributed by atoms with Crippen LogP contribution in [0.5, 0.6) is 5.75 Å². The van der Waals surface area contributed by atoms with Crippen molar-refractivity contribution in [1.29, 1.82) is 5.26 Å². The summed E-state index contributed by atoms with van der Waals surface area (Å²) in [5, 5.41) is 15.1. The third-order valence-electron chi connectivity index (χ3n) is 4.42. The van der Waals surface area contributed by atoms with E-state index in [1.54, 1.807) is 6.07 Å². The van der Waals surface area contributed by atoms with Crippen molar-refractivity contribution in [3.05, 3.63) is 100 Å². The molecule has 33 heavy (non-hydrogen) atoms. The van der Waals surface area contributed by atoms with E-state index < -0.39 is 17.6 Å². The molecule has 0 unspecified atom stereocenters. The van der Waals surface area contributed by atoms with Gasteiger partial charge in [0.15, 0.2) is 6.61 Å². The second-order valence-corrected chi connectivity index (χ2v) is 7.30. The molecule has 0 atom stereocenters. The molecule has 2 amide bonds. The second-order valence-electron chi connectivity index (χ2n) is 6.86. The van der Waals surface area contributed by atoms with E-state index in [0.29, 0.717) is 16.3 Å². The molecule has 0 radical (unpaired) electrons. The van der Waals surface area contributed by atoms with Gasteiger partial charge in [0.05, 0.1) is 0 Å². The lowest BCUT2D eigenvalue weighted by atomic mass is 10.1. The predicted molar refractivity (Wildman–Crippen MR) is 124 cm³/mol. The fraction of sp³-hybridized carbons (Fsp3) is 0.0800. The fourth-order valence-corrected chi connectivity index (χ4v) is 3.00. The Kier molecular flexibility index (Phi) is 8.17. The molecule has 0 aliphatic carbocycles. The average Bonchev–Trinajstić information content (AvgIpc) is 2.82. The maximum absolute atomic E-state index is 13.0. The van der Waals surface area contributed by atoms with Crippen LogP contribution >= 0.6 is 11.6 Å². The van der Waals surface area contributed by atoms with Crippen LogP contribution in [-0.2, 0) is 16.1 Å². The molecule has 0 spiro atoms.